The van der Waals surface area contributed by atoms with E-state index in [1.165, 1.54) is 6.92 Å². The summed E-state index contributed by atoms with van der Waals surface area (Å²) >= 11 is 0. The average molecular weight is 348 g/mol. The largest absolute Gasteiger partial charge is 0.351 e. The monoisotopic (exact) mass is 348 g/mol. The number of piperidine rings is 1. The first kappa shape index (κ1) is 17.8. The van der Waals surface area contributed by atoms with Crippen molar-refractivity contribution in [1.29, 1.82) is 0 Å². The van der Waals surface area contributed by atoms with Crippen molar-refractivity contribution >= 4 is 11.8 Å². The van der Waals surface area contributed by atoms with Gasteiger partial charge >= 0.3 is 0 Å². The Balaban J connectivity index is 1.66. The maximum atomic E-state index is 12.8. The fraction of sp³-hybridized carbons (Fsp3) is 0.765. The van der Waals surface area contributed by atoms with E-state index in [2.05, 4.69) is 27.9 Å². The van der Waals surface area contributed by atoms with Crippen molar-refractivity contribution in [3.63, 3.8) is 0 Å². The van der Waals surface area contributed by atoms with Crippen molar-refractivity contribution in [3.8, 4) is 0 Å². The number of aromatic nitrogens is 3. The molecule has 0 saturated carbocycles. The summed E-state index contributed by atoms with van der Waals surface area (Å²) in [6, 6.07) is 0.342. The van der Waals surface area contributed by atoms with E-state index in [0.29, 0.717) is 30.7 Å². The van der Waals surface area contributed by atoms with Gasteiger partial charge in [-0.2, -0.15) is 0 Å². The van der Waals surface area contributed by atoms with Crippen molar-refractivity contribution in [2.75, 3.05) is 26.2 Å². The van der Waals surface area contributed by atoms with Crippen LogP contribution in [0.1, 0.15) is 56.1 Å². The topological polar surface area (TPSA) is 92.2 Å². The Bertz CT molecular complexity index is 610. The zero-order valence-electron chi connectivity index (χ0n) is 15.1. The number of likely N-dealkylation sites (tertiary alicyclic amines) is 1. The summed E-state index contributed by atoms with van der Waals surface area (Å²) < 4.78 is 1.83. The predicted octanol–water partition coefficient (Wildman–Crippen LogP) is 0.579. The molecule has 8 nitrogen and oxygen atoms in total. The Labute approximate surface area is 148 Å². The van der Waals surface area contributed by atoms with E-state index < -0.39 is 0 Å². The molecule has 25 heavy (non-hydrogen) atoms. The first-order valence-corrected chi connectivity index (χ1v) is 9.27. The maximum Gasteiger partial charge on any atom is 0.276 e. The third kappa shape index (κ3) is 4.18. The van der Waals surface area contributed by atoms with Gasteiger partial charge in [-0.3, -0.25) is 9.59 Å². The average Bonchev–Trinajstić information content (AvgIpc) is 3.23. The SMILES string of the molecule is CCCC1CN(C(=O)c2cn(C3CCNCC3)nn2)CC1NC(C)=O. The Morgan fingerprint density at radius 1 is 1.32 bits per heavy atom. The smallest absolute Gasteiger partial charge is 0.276 e. The number of hydrogen-bond acceptors (Lipinski definition) is 5. The van der Waals surface area contributed by atoms with Crippen molar-refractivity contribution < 1.29 is 9.59 Å². The molecule has 2 saturated heterocycles. The van der Waals surface area contributed by atoms with Gasteiger partial charge in [0.1, 0.15) is 0 Å². The summed E-state index contributed by atoms with van der Waals surface area (Å²) in [5, 5.41) is 14.6. The van der Waals surface area contributed by atoms with Gasteiger partial charge in [-0.1, -0.05) is 18.6 Å². The molecule has 0 radical (unpaired) electrons. The van der Waals surface area contributed by atoms with E-state index in [1.54, 1.807) is 11.1 Å². The Morgan fingerprint density at radius 2 is 2.08 bits per heavy atom. The molecule has 0 spiro atoms. The lowest BCUT2D eigenvalue weighted by molar-refractivity contribution is -0.119. The third-order valence-corrected chi connectivity index (χ3v) is 5.19. The van der Waals surface area contributed by atoms with E-state index in [9.17, 15) is 9.59 Å². The molecule has 0 bridgehead atoms. The number of amides is 2. The van der Waals surface area contributed by atoms with Gasteiger partial charge in [-0.15, -0.1) is 5.10 Å². The van der Waals surface area contributed by atoms with Crippen LogP contribution in [-0.2, 0) is 4.79 Å². The van der Waals surface area contributed by atoms with Crippen LogP contribution in [0, 0.1) is 5.92 Å². The van der Waals surface area contributed by atoms with Gasteiger partial charge in [0.2, 0.25) is 5.91 Å². The zero-order valence-corrected chi connectivity index (χ0v) is 15.1. The van der Waals surface area contributed by atoms with Crippen LogP contribution in [0.15, 0.2) is 6.20 Å². The summed E-state index contributed by atoms with van der Waals surface area (Å²) in [4.78, 5) is 26.0. The van der Waals surface area contributed by atoms with Gasteiger partial charge in [0.05, 0.1) is 18.3 Å². The molecule has 0 aromatic carbocycles. The molecule has 3 rings (SSSR count). The minimum atomic E-state index is -0.0888. The standard InChI is InChI=1S/C17H28N6O2/c1-3-4-13-9-22(10-15(13)19-12(2)24)17(25)16-11-23(21-20-16)14-5-7-18-8-6-14/h11,13-15,18H,3-10H2,1-2H3,(H,19,24). The highest BCUT2D eigenvalue weighted by Gasteiger charge is 2.36. The van der Waals surface area contributed by atoms with Crippen LogP contribution >= 0.6 is 0 Å². The first-order chi connectivity index (χ1) is 12.1. The zero-order chi connectivity index (χ0) is 17.8. The van der Waals surface area contributed by atoms with E-state index in [1.807, 2.05) is 4.68 Å². The highest BCUT2D eigenvalue weighted by molar-refractivity contribution is 5.92. The van der Waals surface area contributed by atoms with Crippen molar-refractivity contribution in [2.45, 2.75) is 51.6 Å². The van der Waals surface area contributed by atoms with Gasteiger partial charge in [-0.05, 0) is 38.3 Å². The number of nitrogens with one attached hydrogen (secondary N) is 2. The van der Waals surface area contributed by atoms with Crippen molar-refractivity contribution in [3.05, 3.63) is 11.9 Å². The fourth-order valence-electron chi connectivity index (χ4n) is 3.91. The number of rotatable bonds is 5. The molecule has 2 aliphatic heterocycles. The normalized spacial score (nSPS) is 24.5. The number of hydrogen-bond donors (Lipinski definition) is 2. The van der Waals surface area contributed by atoms with Gasteiger partial charge in [0.15, 0.2) is 5.69 Å². The summed E-state index contributed by atoms with van der Waals surface area (Å²) in [5.74, 6) is 0.170. The highest BCUT2D eigenvalue weighted by Crippen LogP contribution is 2.24. The molecule has 2 atom stereocenters. The molecular weight excluding hydrogens is 320 g/mol. The van der Waals surface area contributed by atoms with Crippen LogP contribution in [-0.4, -0.2) is 63.9 Å². The van der Waals surface area contributed by atoms with Crippen LogP contribution in [0.3, 0.4) is 0 Å². The van der Waals surface area contributed by atoms with E-state index in [-0.39, 0.29) is 17.9 Å². The predicted molar refractivity (Wildman–Crippen MR) is 93.1 cm³/mol. The quantitative estimate of drug-likeness (QED) is 0.812. The molecule has 2 fully saturated rings. The second-order valence-corrected chi connectivity index (χ2v) is 7.13. The van der Waals surface area contributed by atoms with E-state index >= 15 is 0 Å². The van der Waals surface area contributed by atoms with Gasteiger partial charge in [0, 0.05) is 20.0 Å². The maximum absolute atomic E-state index is 12.8. The van der Waals surface area contributed by atoms with E-state index in [4.69, 9.17) is 0 Å². The van der Waals surface area contributed by atoms with Crippen LogP contribution in [0.4, 0.5) is 0 Å². The Morgan fingerprint density at radius 3 is 2.76 bits per heavy atom. The molecule has 0 aliphatic carbocycles. The van der Waals surface area contributed by atoms with Crippen LogP contribution in [0.25, 0.3) is 0 Å². The molecule has 2 amide bonds. The minimum absolute atomic E-state index is 0.0286. The Hall–Kier alpha value is -1.96. The second-order valence-electron chi connectivity index (χ2n) is 7.13. The summed E-state index contributed by atoms with van der Waals surface area (Å²) in [7, 11) is 0. The molecule has 2 aliphatic rings. The molecule has 3 heterocycles. The second kappa shape index (κ2) is 7.95. The molecule has 2 unspecified atom stereocenters. The van der Waals surface area contributed by atoms with Gasteiger partial charge in [-0.25, -0.2) is 4.68 Å². The molecule has 138 valence electrons. The molecule has 8 heteroatoms. The number of carbonyl (C=O) groups is 2. The van der Waals surface area contributed by atoms with Crippen LogP contribution in [0.2, 0.25) is 0 Å². The summed E-state index contributed by atoms with van der Waals surface area (Å²) in [6.07, 6.45) is 5.82. The van der Waals surface area contributed by atoms with Gasteiger partial charge in [0.25, 0.3) is 5.91 Å². The number of nitrogens with zero attached hydrogens (tertiary/aromatic N) is 4. The molecule has 1 aromatic rings. The fourth-order valence-corrected chi connectivity index (χ4v) is 3.91. The lowest BCUT2D eigenvalue weighted by Gasteiger charge is -2.22. The summed E-state index contributed by atoms with van der Waals surface area (Å²) in [5.41, 5.74) is 0.400. The van der Waals surface area contributed by atoms with Gasteiger partial charge < -0.3 is 15.5 Å². The molecule has 2 N–H and O–H groups in total. The minimum Gasteiger partial charge on any atom is -0.351 e. The summed E-state index contributed by atoms with van der Waals surface area (Å²) in [6.45, 7) is 6.80. The van der Waals surface area contributed by atoms with Crippen LogP contribution in [0.5, 0.6) is 0 Å². The number of carbonyl (C=O) groups excluding carboxylic acids is 2. The van der Waals surface area contributed by atoms with Crippen molar-refractivity contribution in [1.82, 2.24) is 30.5 Å². The lowest BCUT2D eigenvalue weighted by Crippen LogP contribution is -2.39. The highest BCUT2D eigenvalue weighted by atomic mass is 16.2. The molecule has 1 aromatic heterocycles. The Kier molecular flexibility index (Phi) is 5.67. The van der Waals surface area contributed by atoms with E-state index in [0.717, 1.165) is 38.8 Å². The lowest BCUT2D eigenvalue weighted by atomic mass is 9.98. The molecular formula is C17H28N6O2. The first-order valence-electron chi connectivity index (χ1n) is 9.27. The van der Waals surface area contributed by atoms with Crippen LogP contribution < -0.4 is 10.6 Å². The third-order valence-electron chi connectivity index (χ3n) is 5.19. The van der Waals surface area contributed by atoms with Crippen molar-refractivity contribution in [2.24, 2.45) is 5.92 Å².